The van der Waals surface area contributed by atoms with Crippen LogP contribution in [0.1, 0.15) is 24.0 Å². The van der Waals surface area contributed by atoms with Crippen molar-refractivity contribution >= 4 is 32.5 Å². The lowest BCUT2D eigenvalue weighted by Crippen LogP contribution is -2.41. The Balaban J connectivity index is 0.00000423. The van der Waals surface area contributed by atoms with Crippen molar-refractivity contribution in [1.29, 1.82) is 0 Å². The quantitative estimate of drug-likeness (QED) is 0.359. The van der Waals surface area contributed by atoms with Gasteiger partial charge in [-0.2, -0.15) is 8.61 Å². The zero-order valence-electron chi connectivity index (χ0n) is 24.2. The molecule has 0 bridgehead atoms. The second kappa shape index (κ2) is 14.2. The number of fused-ring (bicyclic) bond motifs is 1. The van der Waals surface area contributed by atoms with E-state index in [0.717, 1.165) is 11.1 Å². The first-order valence-electron chi connectivity index (χ1n) is 14.0. The molecule has 0 amide bonds. The van der Waals surface area contributed by atoms with Crippen molar-refractivity contribution in [3.05, 3.63) is 96.1 Å². The van der Waals surface area contributed by atoms with Crippen molar-refractivity contribution in [2.45, 2.75) is 36.1 Å². The third-order valence-electron chi connectivity index (χ3n) is 7.45. The summed E-state index contributed by atoms with van der Waals surface area (Å²) in [6.45, 7) is 8.64. The van der Waals surface area contributed by atoms with Gasteiger partial charge in [0.15, 0.2) is 11.5 Å². The number of hydrogen-bond acceptors (Lipinski definition) is 7. The normalized spacial score (nSPS) is 17.9. The van der Waals surface area contributed by atoms with Gasteiger partial charge in [0.1, 0.15) is 0 Å². The molecule has 2 heterocycles. The third-order valence-corrected chi connectivity index (χ3v) is 11.2. The highest BCUT2D eigenvalue weighted by molar-refractivity contribution is 7.89. The molecule has 2 aliphatic rings. The molecule has 0 unspecified atom stereocenters. The van der Waals surface area contributed by atoms with E-state index < -0.39 is 20.0 Å². The Labute approximate surface area is 261 Å². The Hall–Kier alpha value is -2.93. The highest BCUT2D eigenvalue weighted by Crippen LogP contribution is 2.35. The highest BCUT2D eigenvalue weighted by atomic mass is 35.5. The molecule has 0 aromatic heterocycles. The molecule has 0 atom stereocenters. The molecule has 9 nitrogen and oxygen atoms in total. The van der Waals surface area contributed by atoms with E-state index in [1.807, 2.05) is 25.1 Å². The van der Waals surface area contributed by atoms with Crippen LogP contribution < -0.4 is 9.47 Å². The van der Waals surface area contributed by atoms with Gasteiger partial charge in [0, 0.05) is 38.8 Å². The summed E-state index contributed by atoms with van der Waals surface area (Å²) in [7, 11) is -7.77. The minimum absolute atomic E-state index is 0. The van der Waals surface area contributed by atoms with Crippen LogP contribution in [0, 0.1) is 6.92 Å². The largest absolute Gasteiger partial charge is 0.454 e. The molecule has 5 rings (SSSR count). The average molecular weight is 648 g/mol. The molecule has 2 aliphatic heterocycles. The van der Waals surface area contributed by atoms with Crippen LogP contribution in [0.5, 0.6) is 11.5 Å². The molecule has 0 saturated carbocycles. The molecule has 12 heteroatoms. The number of benzene rings is 3. The number of aryl methyl sites for hydroxylation is 1. The molecule has 1 saturated heterocycles. The first kappa shape index (κ1) is 33.0. The number of rotatable bonds is 6. The second-order valence-corrected chi connectivity index (χ2v) is 14.6. The van der Waals surface area contributed by atoms with Crippen LogP contribution in [0.3, 0.4) is 0 Å². The van der Waals surface area contributed by atoms with Gasteiger partial charge in [-0.05, 0) is 68.3 Å². The zero-order chi connectivity index (χ0) is 29.7. The Bertz CT molecular complexity index is 1620. The van der Waals surface area contributed by atoms with Gasteiger partial charge in [-0.3, -0.25) is 4.90 Å². The molecule has 0 spiro atoms. The minimum atomic E-state index is -3.94. The summed E-state index contributed by atoms with van der Waals surface area (Å²) < 4.78 is 68.9. The number of halogens is 1. The molecular weight excluding hydrogens is 610 g/mol. The fourth-order valence-corrected chi connectivity index (χ4v) is 8.23. The lowest BCUT2D eigenvalue weighted by atomic mass is 10.2. The van der Waals surface area contributed by atoms with Gasteiger partial charge in [0.2, 0.25) is 26.8 Å². The number of nitrogens with zero attached hydrogens (tertiary/aromatic N) is 3. The molecule has 0 radical (unpaired) electrons. The van der Waals surface area contributed by atoms with Crippen LogP contribution in [0.15, 0.2) is 94.7 Å². The van der Waals surface area contributed by atoms with Crippen LogP contribution in [0.4, 0.5) is 0 Å². The minimum Gasteiger partial charge on any atom is -0.454 e. The predicted molar refractivity (Wildman–Crippen MR) is 169 cm³/mol. The van der Waals surface area contributed by atoms with Crippen LogP contribution in [0.25, 0.3) is 0 Å². The van der Waals surface area contributed by atoms with Gasteiger partial charge in [0.05, 0.1) is 9.79 Å². The summed E-state index contributed by atoms with van der Waals surface area (Å²) in [4.78, 5) is 2.56. The number of sulfonamides is 2. The van der Waals surface area contributed by atoms with E-state index in [9.17, 15) is 16.8 Å². The molecule has 3 aromatic carbocycles. The zero-order valence-corrected chi connectivity index (χ0v) is 26.7. The number of hydrogen-bond donors (Lipinski definition) is 0. The lowest BCUT2D eigenvalue weighted by molar-refractivity contribution is 0.174. The third kappa shape index (κ3) is 7.97. The topological polar surface area (TPSA) is 96.5 Å². The fraction of sp³-hybridized carbons (Fsp3) is 0.355. The van der Waals surface area contributed by atoms with E-state index in [4.69, 9.17) is 9.47 Å². The summed E-state index contributed by atoms with van der Waals surface area (Å²) in [5, 5.41) is 0. The van der Waals surface area contributed by atoms with E-state index in [2.05, 4.69) is 23.6 Å². The summed E-state index contributed by atoms with van der Waals surface area (Å²) in [5.41, 5.74) is 2.61. The van der Waals surface area contributed by atoms with E-state index in [1.54, 1.807) is 30.3 Å². The second-order valence-electron chi connectivity index (χ2n) is 10.7. The van der Waals surface area contributed by atoms with Gasteiger partial charge in [0.25, 0.3) is 0 Å². The molecular formula is C31H38ClN3O6S2. The maximum Gasteiger partial charge on any atom is 0.243 e. The standard InChI is InChI=1S/C31H37N3O6S2.ClH/c1-25-10-12-28(13-11-25)41(35,36)33-18-6-16-32(23-27-8-4-3-5-9-27)17-7-19-34(22-26(2)21-33)42(37,38)29-14-15-30-31(20-29)40-24-39-30;/h3-5,8-15,20H,2,6-7,16-19,21-24H2,1H3;1H. The smallest absolute Gasteiger partial charge is 0.243 e. The van der Waals surface area contributed by atoms with Crippen molar-refractivity contribution in [3.63, 3.8) is 0 Å². The molecule has 1 fully saturated rings. The first-order chi connectivity index (χ1) is 20.1. The highest BCUT2D eigenvalue weighted by Gasteiger charge is 2.30. The summed E-state index contributed by atoms with van der Waals surface area (Å²) >= 11 is 0. The molecule has 232 valence electrons. The molecule has 43 heavy (non-hydrogen) atoms. The van der Waals surface area contributed by atoms with Crippen LogP contribution in [0.2, 0.25) is 0 Å². The van der Waals surface area contributed by atoms with E-state index in [-0.39, 0.29) is 55.2 Å². The summed E-state index contributed by atoms with van der Waals surface area (Å²) in [6.07, 6.45) is 1.24. The lowest BCUT2D eigenvalue weighted by Gasteiger charge is -2.30. The first-order valence-corrected chi connectivity index (χ1v) is 16.9. The van der Waals surface area contributed by atoms with Crippen molar-refractivity contribution in [2.75, 3.05) is 46.1 Å². The van der Waals surface area contributed by atoms with Crippen LogP contribution >= 0.6 is 12.4 Å². The van der Waals surface area contributed by atoms with E-state index >= 15 is 0 Å². The Morgan fingerprint density at radius 3 is 1.91 bits per heavy atom. The SMILES string of the molecule is C=C1CN(S(=O)(=O)c2ccc(C)cc2)CCCN(Cc2ccccc2)CCCN(S(=O)(=O)c2ccc3c(c2)OCO3)C1.Cl. The van der Waals surface area contributed by atoms with E-state index in [0.29, 0.717) is 49.5 Å². The van der Waals surface area contributed by atoms with Gasteiger partial charge < -0.3 is 9.47 Å². The number of ether oxygens (including phenoxy) is 2. The Morgan fingerprint density at radius 1 is 0.721 bits per heavy atom. The molecule has 0 N–H and O–H groups in total. The van der Waals surface area contributed by atoms with Crippen LogP contribution in [-0.2, 0) is 26.6 Å². The maximum absolute atomic E-state index is 13.9. The Morgan fingerprint density at radius 2 is 1.28 bits per heavy atom. The average Bonchev–Trinajstić information content (AvgIpc) is 3.44. The van der Waals surface area contributed by atoms with Crippen molar-refractivity contribution < 1.29 is 26.3 Å². The van der Waals surface area contributed by atoms with Gasteiger partial charge in [-0.25, -0.2) is 16.8 Å². The Kier molecular flexibility index (Phi) is 10.9. The summed E-state index contributed by atoms with van der Waals surface area (Å²) in [6, 6.07) is 21.4. The summed E-state index contributed by atoms with van der Waals surface area (Å²) in [5.74, 6) is 0.884. The predicted octanol–water partition coefficient (Wildman–Crippen LogP) is 4.68. The van der Waals surface area contributed by atoms with Crippen LogP contribution in [-0.4, -0.2) is 76.4 Å². The maximum atomic E-state index is 13.9. The van der Waals surface area contributed by atoms with Crippen molar-refractivity contribution in [3.8, 4) is 11.5 Å². The molecule has 0 aliphatic carbocycles. The van der Waals surface area contributed by atoms with Gasteiger partial charge in [-0.1, -0.05) is 54.6 Å². The monoisotopic (exact) mass is 647 g/mol. The van der Waals surface area contributed by atoms with Crippen molar-refractivity contribution in [2.24, 2.45) is 0 Å². The van der Waals surface area contributed by atoms with Crippen molar-refractivity contribution in [1.82, 2.24) is 13.5 Å². The van der Waals surface area contributed by atoms with E-state index in [1.165, 1.54) is 20.7 Å². The van der Waals surface area contributed by atoms with Gasteiger partial charge >= 0.3 is 0 Å². The molecule has 3 aromatic rings. The fourth-order valence-electron chi connectivity index (χ4n) is 5.22. The van der Waals surface area contributed by atoms with Gasteiger partial charge in [-0.15, -0.1) is 12.4 Å².